The molecule has 6 nitrogen and oxygen atoms in total. The molecule has 0 radical (unpaired) electrons. The molecule has 3 heterocycles. The van der Waals surface area contributed by atoms with E-state index >= 15 is 0 Å². The van der Waals surface area contributed by atoms with Gasteiger partial charge in [-0.25, -0.2) is 4.68 Å². The summed E-state index contributed by atoms with van der Waals surface area (Å²) in [5.74, 6) is 0.634. The van der Waals surface area contributed by atoms with Crippen LogP contribution in [0.25, 0.3) is 23.0 Å². The van der Waals surface area contributed by atoms with Crippen molar-refractivity contribution in [2.24, 2.45) is 0 Å². The minimum atomic E-state index is -0.0905. The quantitative estimate of drug-likeness (QED) is 0.161. The van der Waals surface area contributed by atoms with Crippen LogP contribution in [0.15, 0.2) is 90.0 Å². The number of hydrogen-bond donors (Lipinski definition) is 0. The van der Waals surface area contributed by atoms with Crippen molar-refractivity contribution in [3.63, 3.8) is 0 Å². The van der Waals surface area contributed by atoms with Gasteiger partial charge in [0, 0.05) is 34.5 Å². The van der Waals surface area contributed by atoms with Gasteiger partial charge in [0.15, 0.2) is 0 Å². The van der Waals surface area contributed by atoms with E-state index in [4.69, 9.17) is 38.4 Å². The van der Waals surface area contributed by atoms with Crippen molar-refractivity contribution in [3.8, 4) is 22.7 Å². The summed E-state index contributed by atoms with van der Waals surface area (Å²) in [6.07, 6.45) is 5.83. The molecule has 3 aromatic carbocycles. The van der Waals surface area contributed by atoms with Gasteiger partial charge in [0.25, 0.3) is 5.91 Å². The van der Waals surface area contributed by atoms with E-state index < -0.39 is 0 Å². The zero-order valence-electron chi connectivity index (χ0n) is 21.5. The Morgan fingerprint density at radius 1 is 1.07 bits per heavy atom. The molecule has 0 unspecified atom stereocenters. The Morgan fingerprint density at radius 3 is 2.60 bits per heavy atom. The van der Waals surface area contributed by atoms with E-state index in [1.54, 1.807) is 4.90 Å². The normalized spacial score (nSPS) is 18.2. The maximum absolute atomic E-state index is 13.3. The molecule has 0 spiro atoms. The third-order valence-electron chi connectivity index (χ3n) is 6.81. The summed E-state index contributed by atoms with van der Waals surface area (Å²) in [4.78, 5) is 15.6. The van der Waals surface area contributed by atoms with Gasteiger partial charge in [-0.15, -0.1) is 0 Å². The average Bonchev–Trinajstić information content (AvgIpc) is 3.71. The van der Waals surface area contributed by atoms with Gasteiger partial charge in [0.2, 0.25) is 0 Å². The topological polar surface area (TPSA) is 56.6 Å². The third kappa shape index (κ3) is 5.86. The summed E-state index contributed by atoms with van der Waals surface area (Å²) in [7, 11) is 0. The second kappa shape index (κ2) is 12.0. The Balaban J connectivity index is 1.28. The van der Waals surface area contributed by atoms with Crippen LogP contribution in [0.5, 0.6) is 5.75 Å². The smallest absolute Gasteiger partial charge is 0.266 e. The average molecular weight is 588 g/mol. The maximum Gasteiger partial charge on any atom is 0.266 e. The molecule has 2 fully saturated rings. The van der Waals surface area contributed by atoms with Crippen molar-refractivity contribution in [1.29, 1.82) is 0 Å². The Labute approximate surface area is 247 Å². The molecule has 0 bridgehead atoms. The highest BCUT2D eigenvalue weighted by Gasteiger charge is 2.35. The fourth-order valence-electron chi connectivity index (χ4n) is 4.71. The number of para-hydroxylation sites is 1. The second-order valence-corrected chi connectivity index (χ2v) is 11.6. The largest absolute Gasteiger partial charge is 0.489 e. The van der Waals surface area contributed by atoms with Crippen molar-refractivity contribution < 1.29 is 14.3 Å². The van der Waals surface area contributed by atoms with E-state index in [0.717, 1.165) is 53.3 Å². The lowest BCUT2D eigenvalue weighted by atomic mass is 10.1. The van der Waals surface area contributed by atoms with Crippen LogP contribution in [-0.2, 0) is 16.1 Å². The second-order valence-electron chi connectivity index (χ2n) is 9.54. The number of hydrogen-bond acceptors (Lipinski definition) is 6. The van der Waals surface area contributed by atoms with E-state index in [9.17, 15) is 4.79 Å². The van der Waals surface area contributed by atoms with Crippen LogP contribution >= 0.6 is 35.6 Å². The van der Waals surface area contributed by atoms with Crippen LogP contribution < -0.4 is 4.74 Å². The Bertz CT molecular complexity index is 1560. The highest BCUT2D eigenvalue weighted by molar-refractivity contribution is 8.26. The first-order valence-electron chi connectivity index (χ1n) is 13.0. The van der Waals surface area contributed by atoms with Crippen LogP contribution in [0.1, 0.15) is 24.0 Å². The van der Waals surface area contributed by atoms with Gasteiger partial charge in [-0.1, -0.05) is 72.0 Å². The summed E-state index contributed by atoms with van der Waals surface area (Å²) in [5, 5.41) is 5.58. The van der Waals surface area contributed by atoms with Gasteiger partial charge >= 0.3 is 0 Å². The molecular weight excluding hydrogens is 562 g/mol. The van der Waals surface area contributed by atoms with Crippen LogP contribution in [0, 0.1) is 0 Å². The van der Waals surface area contributed by atoms with E-state index in [-0.39, 0.29) is 12.0 Å². The van der Waals surface area contributed by atoms with Crippen molar-refractivity contribution >= 4 is 51.9 Å². The summed E-state index contributed by atoms with van der Waals surface area (Å²) in [5.41, 5.74) is 4.33. The lowest BCUT2D eigenvalue weighted by Crippen LogP contribution is -2.35. The molecule has 0 saturated carbocycles. The first kappa shape index (κ1) is 26.8. The lowest BCUT2D eigenvalue weighted by Gasteiger charge is -2.18. The molecule has 9 heteroatoms. The zero-order chi connectivity index (χ0) is 27.5. The van der Waals surface area contributed by atoms with E-state index in [0.29, 0.717) is 27.4 Å². The number of carbonyl (C=O) groups excluding carboxylic acids is 1. The van der Waals surface area contributed by atoms with Crippen molar-refractivity contribution in [2.45, 2.75) is 25.6 Å². The Hall–Kier alpha value is -3.43. The number of halogens is 1. The molecule has 4 aromatic rings. The number of thioether (sulfide) groups is 1. The number of rotatable bonds is 8. The third-order valence-corrected chi connectivity index (χ3v) is 8.56. The van der Waals surface area contributed by atoms with Gasteiger partial charge in [0.1, 0.15) is 16.7 Å². The fourth-order valence-corrected chi connectivity index (χ4v) is 6.16. The van der Waals surface area contributed by atoms with Gasteiger partial charge in [0.05, 0.1) is 28.9 Å². The molecule has 2 aliphatic heterocycles. The molecule has 6 rings (SSSR count). The summed E-state index contributed by atoms with van der Waals surface area (Å²) < 4.78 is 14.1. The van der Waals surface area contributed by atoms with E-state index in [1.165, 1.54) is 11.8 Å². The monoisotopic (exact) mass is 587 g/mol. The van der Waals surface area contributed by atoms with Gasteiger partial charge in [-0.3, -0.25) is 9.69 Å². The molecule has 0 aliphatic carbocycles. The fraction of sp³-hybridized carbons (Fsp3) is 0.194. The summed E-state index contributed by atoms with van der Waals surface area (Å²) in [6, 6.07) is 25.3. The molecule has 0 N–H and O–H groups in total. The minimum Gasteiger partial charge on any atom is -0.489 e. The SMILES string of the molecule is O=C1/C(=C/c2cn(-c3ccccc3)nc2-c2ccc(OCc3ccccc3Cl)cc2)SC(=S)N1C[C@H]1CCCO1. The molecule has 1 aromatic heterocycles. The van der Waals surface area contributed by atoms with Gasteiger partial charge in [-0.05, 0) is 61.4 Å². The molecule has 40 heavy (non-hydrogen) atoms. The lowest BCUT2D eigenvalue weighted by molar-refractivity contribution is -0.123. The van der Waals surface area contributed by atoms with Gasteiger partial charge < -0.3 is 9.47 Å². The molecule has 1 atom stereocenters. The maximum atomic E-state index is 13.3. The van der Waals surface area contributed by atoms with E-state index in [2.05, 4.69) is 0 Å². The summed E-state index contributed by atoms with van der Waals surface area (Å²) in [6.45, 7) is 1.61. The van der Waals surface area contributed by atoms with Crippen LogP contribution in [0.4, 0.5) is 0 Å². The van der Waals surface area contributed by atoms with Crippen LogP contribution in [-0.4, -0.2) is 44.2 Å². The van der Waals surface area contributed by atoms with Crippen molar-refractivity contribution in [1.82, 2.24) is 14.7 Å². The Morgan fingerprint density at radius 2 is 1.85 bits per heavy atom. The standard InChI is InChI=1S/C31H26ClN3O3S2/c32-27-11-5-4-7-22(27)20-38-25-14-12-21(13-15-25)29-23(18-35(33-29)24-8-2-1-3-9-24)17-28-30(36)34(31(39)40-28)19-26-10-6-16-37-26/h1-5,7-9,11-15,17-18,26H,6,10,16,19-20H2/b28-17-/t26-/m1/s1. The van der Waals surface area contributed by atoms with Crippen LogP contribution in [0.2, 0.25) is 5.02 Å². The van der Waals surface area contributed by atoms with Crippen molar-refractivity contribution in [3.05, 3.63) is 106 Å². The number of carbonyl (C=O) groups is 1. The number of amides is 1. The molecule has 2 aliphatic rings. The molecule has 1 amide bonds. The number of benzene rings is 3. The predicted octanol–water partition coefficient (Wildman–Crippen LogP) is 7.15. The highest BCUT2D eigenvalue weighted by Crippen LogP contribution is 2.36. The Kier molecular flexibility index (Phi) is 8.02. The first-order chi connectivity index (χ1) is 19.5. The zero-order valence-corrected chi connectivity index (χ0v) is 23.9. The number of thiocarbonyl (C=S) groups is 1. The predicted molar refractivity (Wildman–Crippen MR) is 164 cm³/mol. The number of aromatic nitrogens is 2. The molecule has 2 saturated heterocycles. The first-order valence-corrected chi connectivity index (χ1v) is 14.6. The van der Waals surface area contributed by atoms with Gasteiger partial charge in [-0.2, -0.15) is 5.10 Å². The number of ether oxygens (including phenoxy) is 2. The number of nitrogens with zero attached hydrogens (tertiary/aromatic N) is 3. The molecular formula is C31H26ClN3O3S2. The summed E-state index contributed by atoms with van der Waals surface area (Å²) >= 11 is 13.2. The van der Waals surface area contributed by atoms with Crippen LogP contribution in [0.3, 0.4) is 0 Å². The van der Waals surface area contributed by atoms with Crippen molar-refractivity contribution in [2.75, 3.05) is 13.2 Å². The van der Waals surface area contributed by atoms with E-state index in [1.807, 2.05) is 95.8 Å². The minimum absolute atomic E-state index is 0.0388. The highest BCUT2D eigenvalue weighted by atomic mass is 35.5. The molecule has 202 valence electrons.